The molecule has 0 aromatic heterocycles. The van der Waals surface area contributed by atoms with Crippen molar-refractivity contribution in [3.05, 3.63) is 0 Å². The van der Waals surface area contributed by atoms with E-state index in [1.54, 1.807) is 12.2 Å². The van der Waals surface area contributed by atoms with Gasteiger partial charge in [0.25, 0.3) is 0 Å². The first-order valence-corrected chi connectivity index (χ1v) is 5.47. The normalized spacial score (nSPS) is 31.0. The van der Waals surface area contributed by atoms with Gasteiger partial charge in [0.15, 0.2) is 0 Å². The summed E-state index contributed by atoms with van der Waals surface area (Å²) in [4.78, 5) is 28.6. The van der Waals surface area contributed by atoms with Gasteiger partial charge in [-0.2, -0.15) is 0 Å². The molecular formula is C12H18N2O2. The van der Waals surface area contributed by atoms with E-state index in [4.69, 9.17) is 0 Å². The summed E-state index contributed by atoms with van der Waals surface area (Å²) < 4.78 is 0. The van der Waals surface area contributed by atoms with Crippen molar-refractivity contribution in [1.29, 1.82) is 0 Å². The quantitative estimate of drug-likeness (QED) is 0.531. The van der Waals surface area contributed by atoms with Gasteiger partial charge in [-0.25, -0.2) is 19.6 Å². The lowest BCUT2D eigenvalue weighted by Gasteiger charge is -2.48. The predicted octanol–water partition coefficient (Wildman–Crippen LogP) is 2.24. The smallest absolute Gasteiger partial charge is 0.211 e. The van der Waals surface area contributed by atoms with Crippen LogP contribution in [0.3, 0.4) is 0 Å². The molecule has 0 aliphatic heterocycles. The number of isocyanates is 2. The topological polar surface area (TPSA) is 58.9 Å². The summed E-state index contributed by atoms with van der Waals surface area (Å²) in [6, 6.07) is -0.0868. The fourth-order valence-electron chi connectivity index (χ4n) is 3.14. The first-order valence-electron chi connectivity index (χ1n) is 5.47. The van der Waals surface area contributed by atoms with Gasteiger partial charge in [-0.15, -0.1) is 0 Å². The number of aliphatic imine (C=N–C) groups is 2. The summed E-state index contributed by atoms with van der Waals surface area (Å²) in [6.07, 6.45) is 4.79. The second kappa shape index (κ2) is 4.32. The van der Waals surface area contributed by atoms with Crippen molar-refractivity contribution in [3.8, 4) is 0 Å². The largest absolute Gasteiger partial charge is 0.235 e. The van der Waals surface area contributed by atoms with Crippen molar-refractivity contribution in [2.75, 3.05) is 0 Å². The van der Waals surface area contributed by atoms with E-state index in [1.807, 2.05) is 27.7 Å². The second-order valence-electron chi connectivity index (χ2n) is 5.88. The molecule has 1 saturated carbocycles. The van der Waals surface area contributed by atoms with Gasteiger partial charge >= 0.3 is 0 Å². The molecule has 4 heteroatoms. The van der Waals surface area contributed by atoms with Gasteiger partial charge in [-0.3, -0.25) is 0 Å². The lowest BCUT2D eigenvalue weighted by Crippen LogP contribution is -2.48. The molecule has 1 rings (SSSR count). The van der Waals surface area contributed by atoms with Gasteiger partial charge in [0.1, 0.15) is 0 Å². The van der Waals surface area contributed by atoms with E-state index in [9.17, 15) is 9.59 Å². The molecule has 0 spiro atoms. The number of hydrogen-bond acceptors (Lipinski definition) is 4. The molecule has 0 amide bonds. The third-order valence-corrected chi connectivity index (χ3v) is 3.42. The highest BCUT2D eigenvalue weighted by atomic mass is 16.1. The Morgan fingerprint density at radius 1 is 0.938 bits per heavy atom. The molecule has 0 saturated heterocycles. The molecule has 0 unspecified atom stereocenters. The van der Waals surface area contributed by atoms with Crippen molar-refractivity contribution in [3.63, 3.8) is 0 Å². The van der Waals surface area contributed by atoms with Gasteiger partial charge in [-0.05, 0) is 23.7 Å². The fraction of sp³-hybridized carbons (Fsp3) is 0.833. The van der Waals surface area contributed by atoms with Crippen LogP contribution in [0.4, 0.5) is 0 Å². The van der Waals surface area contributed by atoms with E-state index < -0.39 is 0 Å². The van der Waals surface area contributed by atoms with Gasteiger partial charge in [-0.1, -0.05) is 27.7 Å². The molecule has 0 aromatic rings. The first kappa shape index (κ1) is 12.8. The fourth-order valence-corrected chi connectivity index (χ4v) is 3.14. The predicted molar refractivity (Wildman–Crippen MR) is 60.6 cm³/mol. The molecule has 1 fully saturated rings. The minimum atomic E-state index is -0.149. The van der Waals surface area contributed by atoms with Crippen LogP contribution in [-0.2, 0) is 9.59 Å². The van der Waals surface area contributed by atoms with Crippen molar-refractivity contribution in [2.24, 2.45) is 20.8 Å². The maximum atomic E-state index is 10.5. The SMILES string of the molecule is CC1(C)CC(N=C=O)CC(C)(C)C1N=C=O. The summed E-state index contributed by atoms with van der Waals surface area (Å²) >= 11 is 0. The van der Waals surface area contributed by atoms with Crippen LogP contribution in [0.1, 0.15) is 40.5 Å². The van der Waals surface area contributed by atoms with Crippen LogP contribution in [0.25, 0.3) is 0 Å². The summed E-state index contributed by atoms with van der Waals surface area (Å²) in [6.45, 7) is 8.19. The zero-order valence-corrected chi connectivity index (χ0v) is 10.3. The first-order chi connectivity index (χ1) is 7.33. The maximum absolute atomic E-state index is 10.5. The lowest BCUT2D eigenvalue weighted by molar-refractivity contribution is 0.0652. The van der Waals surface area contributed by atoms with Crippen LogP contribution in [0.2, 0.25) is 0 Å². The molecule has 0 heterocycles. The number of hydrogen-bond donors (Lipinski definition) is 0. The highest BCUT2D eigenvalue weighted by Crippen LogP contribution is 2.48. The number of carbonyl (C=O) groups excluding carboxylic acids is 2. The van der Waals surface area contributed by atoms with E-state index in [0.29, 0.717) is 0 Å². The molecule has 88 valence electrons. The molecular weight excluding hydrogens is 204 g/mol. The minimum Gasteiger partial charge on any atom is -0.211 e. The van der Waals surface area contributed by atoms with E-state index in [-0.39, 0.29) is 22.9 Å². The Bertz CT molecular complexity index is 343. The van der Waals surface area contributed by atoms with Gasteiger partial charge < -0.3 is 0 Å². The summed E-state index contributed by atoms with van der Waals surface area (Å²) in [7, 11) is 0. The highest BCUT2D eigenvalue weighted by Gasteiger charge is 2.47. The van der Waals surface area contributed by atoms with E-state index in [2.05, 4.69) is 9.98 Å². The Morgan fingerprint density at radius 3 is 1.75 bits per heavy atom. The average Bonchev–Trinajstić information content (AvgIpc) is 2.10. The Hall–Kier alpha value is -1.24. The van der Waals surface area contributed by atoms with E-state index in [0.717, 1.165) is 12.8 Å². The summed E-state index contributed by atoms with van der Waals surface area (Å²) in [5, 5.41) is 0. The minimum absolute atomic E-state index is 0.0133. The van der Waals surface area contributed by atoms with Crippen molar-refractivity contribution < 1.29 is 9.59 Å². The van der Waals surface area contributed by atoms with E-state index in [1.165, 1.54) is 0 Å². The van der Waals surface area contributed by atoms with Gasteiger partial charge in [0, 0.05) is 0 Å². The van der Waals surface area contributed by atoms with Crippen molar-refractivity contribution in [2.45, 2.75) is 52.6 Å². The lowest BCUT2D eigenvalue weighted by atomic mass is 9.60. The molecule has 0 radical (unpaired) electrons. The van der Waals surface area contributed by atoms with Crippen LogP contribution in [0.15, 0.2) is 9.98 Å². The van der Waals surface area contributed by atoms with Crippen LogP contribution in [0, 0.1) is 10.8 Å². The number of nitrogens with zero attached hydrogens (tertiary/aromatic N) is 2. The summed E-state index contributed by atoms with van der Waals surface area (Å²) in [5.74, 6) is 0. The van der Waals surface area contributed by atoms with E-state index >= 15 is 0 Å². The van der Waals surface area contributed by atoms with Crippen LogP contribution >= 0.6 is 0 Å². The Morgan fingerprint density at radius 2 is 1.38 bits per heavy atom. The van der Waals surface area contributed by atoms with Crippen molar-refractivity contribution in [1.82, 2.24) is 0 Å². The third kappa shape index (κ3) is 2.46. The van der Waals surface area contributed by atoms with Gasteiger partial charge in [0.2, 0.25) is 12.2 Å². The maximum Gasteiger partial charge on any atom is 0.235 e. The Labute approximate surface area is 95.9 Å². The summed E-state index contributed by atoms with van der Waals surface area (Å²) in [5.41, 5.74) is -0.297. The molecule has 0 atom stereocenters. The molecule has 0 bridgehead atoms. The number of rotatable bonds is 2. The molecule has 0 aromatic carbocycles. The molecule has 1 aliphatic rings. The second-order valence-corrected chi connectivity index (χ2v) is 5.88. The van der Waals surface area contributed by atoms with Crippen LogP contribution in [0.5, 0.6) is 0 Å². The standard InChI is InChI=1S/C12H18N2O2/c1-11(2)5-9(13-7-15)6-12(3,4)10(11)14-8-16/h9-10H,5-6H2,1-4H3. The van der Waals surface area contributed by atoms with Gasteiger partial charge in [0.05, 0.1) is 12.1 Å². The average molecular weight is 222 g/mol. The Kier molecular flexibility index (Phi) is 3.47. The zero-order chi connectivity index (χ0) is 12.4. The highest BCUT2D eigenvalue weighted by molar-refractivity contribution is 5.35. The van der Waals surface area contributed by atoms with Crippen molar-refractivity contribution >= 4 is 12.2 Å². The molecule has 0 N–H and O–H groups in total. The molecule has 16 heavy (non-hydrogen) atoms. The Balaban J connectivity index is 3.06. The third-order valence-electron chi connectivity index (χ3n) is 3.42. The molecule has 4 nitrogen and oxygen atoms in total. The zero-order valence-electron chi connectivity index (χ0n) is 10.3. The molecule has 1 aliphatic carbocycles. The van der Waals surface area contributed by atoms with Crippen LogP contribution < -0.4 is 0 Å². The monoisotopic (exact) mass is 222 g/mol. The van der Waals surface area contributed by atoms with Crippen LogP contribution in [-0.4, -0.2) is 24.2 Å².